The van der Waals surface area contributed by atoms with Crippen LogP contribution in [-0.2, 0) is 4.79 Å². The summed E-state index contributed by atoms with van der Waals surface area (Å²) in [5, 5.41) is 21.1. The molecule has 0 aliphatic rings. The molecule has 52 valence electrons. The summed E-state index contributed by atoms with van der Waals surface area (Å²) >= 11 is 0. The molecule has 0 aromatic rings. The first-order valence-corrected chi connectivity index (χ1v) is 1.49. The van der Waals surface area contributed by atoms with E-state index in [1.54, 1.807) is 0 Å². The molecule has 0 aromatic heterocycles. The van der Waals surface area contributed by atoms with Crippen molar-refractivity contribution < 1.29 is 23.0 Å². The molecule has 0 saturated carbocycles. The van der Waals surface area contributed by atoms with E-state index in [0.29, 0.717) is 0 Å². The second-order valence-corrected chi connectivity index (χ2v) is 0.757. The molecule has 10 heavy (non-hydrogen) atoms. The van der Waals surface area contributed by atoms with Crippen molar-refractivity contribution in [2.24, 2.45) is 0 Å². The van der Waals surface area contributed by atoms with Gasteiger partial charge in [0, 0.05) is 6.92 Å². The molecular formula is C2H7Mg2NO5+2. The topological polar surface area (TPSA) is 101 Å². The van der Waals surface area contributed by atoms with Crippen LogP contribution in [0.1, 0.15) is 9.78 Å². The van der Waals surface area contributed by atoms with Gasteiger partial charge in [-0.15, -0.1) is 10.1 Å². The van der Waals surface area contributed by atoms with Crippen LogP contribution in [0.3, 0.4) is 0 Å². The molecule has 0 spiro atoms. The molecule has 6 nitrogen and oxygen atoms in total. The van der Waals surface area contributed by atoms with Crippen LogP contribution in [0.4, 0.5) is 0 Å². The molecule has 0 atom stereocenters. The van der Waals surface area contributed by atoms with Crippen LogP contribution in [0, 0.1) is 10.1 Å². The van der Waals surface area contributed by atoms with E-state index in [1.807, 2.05) is 0 Å². The fraction of sp³-hybridized carbons (Fsp3) is 0.500. The molecule has 0 unspecified atom stereocenters. The molecule has 0 aliphatic carbocycles. The zero-order valence-corrected chi connectivity index (χ0v) is 8.31. The van der Waals surface area contributed by atoms with Crippen LogP contribution in [0.15, 0.2) is 0 Å². The Morgan fingerprint density at radius 3 is 1.60 bits per heavy atom. The maximum absolute atomic E-state index is 9.00. The monoisotopic (exact) mass is 173 g/mol. The van der Waals surface area contributed by atoms with Gasteiger partial charge in [-0.2, -0.15) is 0 Å². The first-order chi connectivity index (χ1) is 3.46. The van der Waals surface area contributed by atoms with Gasteiger partial charge < -0.3 is 13.2 Å². The van der Waals surface area contributed by atoms with Gasteiger partial charge in [0.1, 0.15) is 0 Å². The smallest absolute Gasteiger partial charge is 1.00 e. The number of nitrogens with zero attached hydrogens (tertiary/aromatic N) is 1. The summed E-state index contributed by atoms with van der Waals surface area (Å²) in [6, 6.07) is 0. The summed E-state index contributed by atoms with van der Waals surface area (Å²) < 4.78 is 0. The van der Waals surface area contributed by atoms with Gasteiger partial charge in [0.15, 0.2) is 0 Å². The zero-order valence-electron chi connectivity index (χ0n) is 7.48. The number of carboxylic acids is 1. The Morgan fingerprint density at radius 2 is 1.60 bits per heavy atom. The van der Waals surface area contributed by atoms with Crippen LogP contribution >= 0.6 is 0 Å². The molecular weight excluding hydrogens is 167 g/mol. The molecule has 0 radical (unpaired) electrons. The molecule has 0 rings (SSSR count). The Kier molecular flexibility index (Phi) is 36.1. The first-order valence-electron chi connectivity index (χ1n) is 1.49. The predicted octanol–water partition coefficient (Wildman–Crippen LogP) is -0.793. The van der Waals surface area contributed by atoms with Crippen molar-refractivity contribution in [3.8, 4) is 0 Å². The predicted molar refractivity (Wildman–Crippen MR) is 35.8 cm³/mol. The number of aliphatic carboxylic acids is 1. The summed E-state index contributed by atoms with van der Waals surface area (Å²) in [5.41, 5.74) is 0. The Hall–Kier alpha value is 0.202. The normalized spacial score (nSPS) is 4.90. The van der Waals surface area contributed by atoms with Gasteiger partial charge in [-0.3, -0.25) is 4.79 Å². The fourth-order valence-electron chi connectivity index (χ4n) is 0. The third-order valence-electron chi connectivity index (χ3n) is 0. The molecule has 2 N–H and O–H groups in total. The molecule has 0 aromatic carbocycles. The van der Waals surface area contributed by atoms with Gasteiger partial charge in [-0.25, -0.2) is 0 Å². The molecule has 0 saturated heterocycles. The number of rotatable bonds is 0. The Morgan fingerprint density at radius 1 is 1.60 bits per heavy atom. The summed E-state index contributed by atoms with van der Waals surface area (Å²) in [7, 11) is 0. The van der Waals surface area contributed by atoms with Crippen LogP contribution in [-0.4, -0.2) is 67.5 Å². The van der Waals surface area contributed by atoms with Gasteiger partial charge in [0.25, 0.3) is 11.1 Å². The Bertz CT molecular complexity index is 83.4. The van der Waals surface area contributed by atoms with Gasteiger partial charge in [-0.1, -0.05) is 0 Å². The number of carbonyl (C=O) groups is 1. The van der Waals surface area contributed by atoms with Gasteiger partial charge in [-0.05, 0) is 0 Å². The van der Waals surface area contributed by atoms with Crippen LogP contribution in [0.2, 0.25) is 0 Å². The second-order valence-electron chi connectivity index (χ2n) is 0.757. The van der Waals surface area contributed by atoms with Crippen molar-refractivity contribution in [2.45, 2.75) is 6.92 Å². The van der Waals surface area contributed by atoms with Crippen LogP contribution in [0.5, 0.6) is 0 Å². The van der Waals surface area contributed by atoms with E-state index in [0.717, 1.165) is 6.92 Å². The van der Waals surface area contributed by atoms with Crippen molar-refractivity contribution in [3.63, 3.8) is 0 Å². The van der Waals surface area contributed by atoms with E-state index >= 15 is 0 Å². The van der Waals surface area contributed by atoms with Gasteiger partial charge in [0.05, 0.1) is 0 Å². The van der Waals surface area contributed by atoms with E-state index in [4.69, 9.17) is 25.2 Å². The van der Waals surface area contributed by atoms with E-state index in [2.05, 4.69) is 0 Å². The summed E-state index contributed by atoms with van der Waals surface area (Å²) in [6.45, 7) is 1.08. The summed E-state index contributed by atoms with van der Waals surface area (Å²) in [6.07, 6.45) is 0. The quantitative estimate of drug-likeness (QED) is 0.284. The minimum atomic E-state index is -1.50. The summed E-state index contributed by atoms with van der Waals surface area (Å²) in [4.78, 5) is 17.4. The van der Waals surface area contributed by atoms with Crippen molar-refractivity contribution >= 4 is 52.1 Å². The minimum Gasteiger partial charge on any atom is -1.00 e. The Labute approximate surface area is 92.0 Å². The van der Waals surface area contributed by atoms with Crippen molar-refractivity contribution in [3.05, 3.63) is 10.1 Å². The average Bonchev–Trinajstić information content (AvgIpc) is 1.25. The van der Waals surface area contributed by atoms with E-state index in [1.165, 1.54) is 0 Å². The molecule has 8 heteroatoms. The largest absolute Gasteiger partial charge is 2.00 e. The third kappa shape index (κ3) is 10400. The van der Waals surface area contributed by atoms with Crippen molar-refractivity contribution in [1.82, 2.24) is 0 Å². The van der Waals surface area contributed by atoms with E-state index in [-0.39, 0.29) is 49.0 Å². The SMILES string of the molecule is CC(=O)O.O=[N+]([O-])O.[H-].[H-].[Mg+2].[Mg+2]. The molecule has 0 amide bonds. The first kappa shape index (κ1) is 22.5. The van der Waals surface area contributed by atoms with Crippen LogP contribution < -0.4 is 0 Å². The van der Waals surface area contributed by atoms with Gasteiger partial charge >= 0.3 is 46.1 Å². The average molecular weight is 174 g/mol. The van der Waals surface area contributed by atoms with E-state index in [9.17, 15) is 0 Å². The molecule has 0 heterocycles. The number of carboxylic acid groups (broad SMARTS) is 1. The maximum Gasteiger partial charge on any atom is 2.00 e. The Balaban J connectivity index is -0.0000000112. The number of hydrogen-bond donors (Lipinski definition) is 2. The van der Waals surface area contributed by atoms with Crippen LogP contribution in [0.25, 0.3) is 0 Å². The zero-order chi connectivity index (χ0) is 7.15. The summed E-state index contributed by atoms with van der Waals surface area (Å²) in [5.74, 6) is -0.833. The standard InChI is InChI=1S/C2H4O2.2Mg.HNO3.2H/c1-2(3)4;;;2-1(3)4;;/h1H3,(H,3,4);;;(H,2,3,4);;/q;2*+2;;2*-1. The minimum absolute atomic E-state index is 0. The fourth-order valence-corrected chi connectivity index (χ4v) is 0. The number of hydrogen-bond acceptors (Lipinski definition) is 3. The molecule has 0 bridgehead atoms. The second kappa shape index (κ2) is 16.1. The molecule has 0 fully saturated rings. The third-order valence-corrected chi connectivity index (χ3v) is 0. The van der Waals surface area contributed by atoms with E-state index < -0.39 is 11.1 Å². The van der Waals surface area contributed by atoms with Gasteiger partial charge in [0.2, 0.25) is 0 Å². The maximum atomic E-state index is 9.00. The van der Waals surface area contributed by atoms with Crippen molar-refractivity contribution in [2.75, 3.05) is 0 Å². The molecule has 0 aliphatic heterocycles. The van der Waals surface area contributed by atoms with Crippen molar-refractivity contribution in [1.29, 1.82) is 0 Å².